The van der Waals surface area contributed by atoms with Crippen molar-refractivity contribution >= 4 is 29.0 Å². The van der Waals surface area contributed by atoms with E-state index in [9.17, 15) is 0 Å². The Morgan fingerprint density at radius 3 is 2.91 bits per heavy atom. The van der Waals surface area contributed by atoms with E-state index in [0.29, 0.717) is 16.7 Å². The molecule has 1 saturated heterocycles. The van der Waals surface area contributed by atoms with Crippen molar-refractivity contribution in [2.75, 3.05) is 31.6 Å². The van der Waals surface area contributed by atoms with Gasteiger partial charge in [-0.1, -0.05) is 35.3 Å². The van der Waals surface area contributed by atoms with Crippen LogP contribution < -0.4 is 10.6 Å². The number of ether oxygens (including phenoxy) is 1. The number of hydrogen-bond acceptors (Lipinski definition) is 4. The lowest BCUT2D eigenvalue weighted by molar-refractivity contribution is 0.0344. The van der Waals surface area contributed by atoms with Crippen LogP contribution in [0.25, 0.3) is 0 Å². The first-order valence-corrected chi connectivity index (χ1v) is 8.42. The molecule has 122 valence electrons. The maximum Gasteiger partial charge on any atom is 0.125 e. The highest BCUT2D eigenvalue weighted by Crippen LogP contribution is 2.32. The summed E-state index contributed by atoms with van der Waals surface area (Å²) >= 11 is 12.2. The maximum absolute atomic E-state index is 6.17. The lowest BCUT2D eigenvalue weighted by atomic mass is 9.95. The molecule has 2 N–H and O–H groups in total. The van der Waals surface area contributed by atoms with Gasteiger partial charge < -0.3 is 15.4 Å². The van der Waals surface area contributed by atoms with Gasteiger partial charge in [0.05, 0.1) is 22.8 Å². The molecular weight excluding hydrogens is 333 g/mol. The van der Waals surface area contributed by atoms with Gasteiger partial charge in [-0.3, -0.25) is 0 Å². The van der Waals surface area contributed by atoms with Gasteiger partial charge in [-0.25, -0.2) is 4.98 Å². The highest BCUT2D eigenvalue weighted by atomic mass is 35.5. The molecule has 0 amide bonds. The van der Waals surface area contributed by atoms with E-state index in [0.717, 1.165) is 31.0 Å². The zero-order chi connectivity index (χ0) is 16.1. The number of nitrogens with zero attached hydrogens (tertiary/aromatic N) is 1. The Labute approximate surface area is 146 Å². The zero-order valence-electron chi connectivity index (χ0n) is 12.6. The van der Waals surface area contributed by atoms with Crippen LogP contribution in [0.2, 0.25) is 10.0 Å². The third-order valence-electron chi connectivity index (χ3n) is 3.89. The van der Waals surface area contributed by atoms with Crippen LogP contribution in [-0.2, 0) is 4.74 Å². The van der Waals surface area contributed by atoms with Crippen molar-refractivity contribution in [1.82, 2.24) is 10.3 Å². The predicted molar refractivity (Wildman–Crippen MR) is 94.2 cm³/mol. The van der Waals surface area contributed by atoms with Crippen molar-refractivity contribution in [3.05, 3.63) is 58.2 Å². The highest BCUT2D eigenvalue weighted by Gasteiger charge is 2.26. The molecule has 1 fully saturated rings. The molecule has 3 rings (SSSR count). The van der Waals surface area contributed by atoms with E-state index in [1.165, 1.54) is 0 Å². The number of aromatic nitrogens is 1. The normalized spacial score (nSPS) is 21.7. The Hall–Kier alpha value is -1.33. The summed E-state index contributed by atoms with van der Waals surface area (Å²) in [4.78, 5) is 4.30. The van der Waals surface area contributed by atoms with Gasteiger partial charge in [0.15, 0.2) is 0 Å². The van der Waals surface area contributed by atoms with Gasteiger partial charge in [-0.05, 0) is 29.8 Å². The third kappa shape index (κ3) is 4.36. The van der Waals surface area contributed by atoms with Crippen molar-refractivity contribution in [2.45, 2.75) is 6.10 Å². The molecular formula is C17H19Cl2N3O. The fourth-order valence-corrected chi connectivity index (χ4v) is 3.04. The molecule has 6 heteroatoms. The fraction of sp³-hybridized carbons (Fsp3) is 0.353. The number of rotatable bonds is 4. The molecule has 23 heavy (non-hydrogen) atoms. The van der Waals surface area contributed by atoms with Crippen LogP contribution >= 0.6 is 23.2 Å². The van der Waals surface area contributed by atoms with Crippen LogP contribution in [0.5, 0.6) is 0 Å². The standard InChI is InChI=1S/C17H19Cl2N3O/c18-14-5-4-12(9-15(14)19)17-13(10-20-7-8-23-17)11-22-16-3-1-2-6-21-16/h1-6,9,13,17,20H,7-8,10-11H2,(H,21,22)/t13-,17-/m0/s1. The van der Waals surface area contributed by atoms with Gasteiger partial charge in [0.25, 0.3) is 0 Å². The summed E-state index contributed by atoms with van der Waals surface area (Å²) in [5, 5.41) is 7.91. The Bertz CT molecular complexity index is 639. The average molecular weight is 352 g/mol. The van der Waals surface area contributed by atoms with E-state index in [1.807, 2.05) is 36.4 Å². The number of halogens is 2. The van der Waals surface area contributed by atoms with E-state index in [1.54, 1.807) is 6.20 Å². The first kappa shape index (κ1) is 16.5. The quantitative estimate of drug-likeness (QED) is 0.879. The Balaban J connectivity index is 1.75. The smallest absolute Gasteiger partial charge is 0.125 e. The second kappa shape index (κ2) is 7.97. The van der Waals surface area contributed by atoms with Crippen molar-refractivity contribution in [3.63, 3.8) is 0 Å². The molecule has 1 aromatic carbocycles. The van der Waals surface area contributed by atoms with Gasteiger partial charge in [0.2, 0.25) is 0 Å². The lowest BCUT2D eigenvalue weighted by Gasteiger charge is -2.26. The number of benzene rings is 1. The van der Waals surface area contributed by atoms with Crippen LogP contribution in [-0.4, -0.2) is 31.2 Å². The largest absolute Gasteiger partial charge is 0.372 e. The predicted octanol–water partition coefficient (Wildman–Crippen LogP) is 3.78. The molecule has 1 aliphatic rings. The third-order valence-corrected chi connectivity index (χ3v) is 4.63. The fourth-order valence-electron chi connectivity index (χ4n) is 2.73. The average Bonchev–Trinajstić information content (AvgIpc) is 2.82. The molecule has 0 spiro atoms. The molecule has 0 saturated carbocycles. The minimum Gasteiger partial charge on any atom is -0.372 e. The van der Waals surface area contributed by atoms with Crippen LogP contribution in [0.1, 0.15) is 11.7 Å². The minimum absolute atomic E-state index is 0.0315. The van der Waals surface area contributed by atoms with Crippen LogP contribution in [0.15, 0.2) is 42.6 Å². The van der Waals surface area contributed by atoms with Crippen LogP contribution in [0.4, 0.5) is 5.82 Å². The molecule has 2 aromatic rings. The second-order valence-electron chi connectivity index (χ2n) is 5.53. The lowest BCUT2D eigenvalue weighted by Crippen LogP contribution is -2.30. The summed E-state index contributed by atoms with van der Waals surface area (Å²) in [6, 6.07) is 11.5. The Morgan fingerprint density at radius 1 is 1.22 bits per heavy atom. The van der Waals surface area contributed by atoms with E-state index in [2.05, 4.69) is 15.6 Å². The first-order valence-electron chi connectivity index (χ1n) is 7.66. The van der Waals surface area contributed by atoms with Crippen molar-refractivity contribution in [3.8, 4) is 0 Å². The molecule has 0 aliphatic carbocycles. The number of hydrogen-bond donors (Lipinski definition) is 2. The molecule has 2 heterocycles. The van der Waals surface area contributed by atoms with Gasteiger partial charge in [0, 0.05) is 31.7 Å². The summed E-state index contributed by atoms with van der Waals surface area (Å²) in [5.41, 5.74) is 1.05. The molecule has 0 bridgehead atoms. The minimum atomic E-state index is -0.0315. The van der Waals surface area contributed by atoms with E-state index in [-0.39, 0.29) is 12.0 Å². The SMILES string of the molecule is Clc1ccc([C@@H]2OCCNC[C@H]2CNc2ccccn2)cc1Cl. The summed E-state index contributed by atoms with van der Waals surface area (Å²) in [6.07, 6.45) is 1.75. The van der Waals surface area contributed by atoms with Gasteiger partial charge in [-0.2, -0.15) is 0 Å². The second-order valence-corrected chi connectivity index (χ2v) is 6.34. The molecule has 0 unspecified atom stereocenters. The number of nitrogens with one attached hydrogen (secondary N) is 2. The summed E-state index contributed by atoms with van der Waals surface area (Å²) in [5.74, 6) is 1.13. The van der Waals surface area contributed by atoms with E-state index in [4.69, 9.17) is 27.9 Å². The van der Waals surface area contributed by atoms with Gasteiger partial charge >= 0.3 is 0 Å². The Morgan fingerprint density at radius 2 is 2.13 bits per heavy atom. The van der Waals surface area contributed by atoms with Crippen molar-refractivity contribution in [2.24, 2.45) is 5.92 Å². The van der Waals surface area contributed by atoms with Crippen molar-refractivity contribution < 1.29 is 4.74 Å². The maximum atomic E-state index is 6.17. The van der Waals surface area contributed by atoms with Gasteiger partial charge in [-0.15, -0.1) is 0 Å². The number of pyridine rings is 1. The van der Waals surface area contributed by atoms with E-state index < -0.39 is 0 Å². The summed E-state index contributed by atoms with van der Waals surface area (Å²) in [7, 11) is 0. The molecule has 1 aromatic heterocycles. The van der Waals surface area contributed by atoms with Crippen LogP contribution in [0.3, 0.4) is 0 Å². The Kier molecular flexibility index (Phi) is 5.73. The zero-order valence-corrected chi connectivity index (χ0v) is 14.1. The molecule has 4 nitrogen and oxygen atoms in total. The topological polar surface area (TPSA) is 46.2 Å². The molecule has 1 aliphatic heterocycles. The van der Waals surface area contributed by atoms with Gasteiger partial charge in [0.1, 0.15) is 5.82 Å². The number of anilines is 1. The first-order chi connectivity index (χ1) is 11.2. The monoisotopic (exact) mass is 351 g/mol. The molecule has 0 radical (unpaired) electrons. The van der Waals surface area contributed by atoms with Crippen molar-refractivity contribution in [1.29, 1.82) is 0 Å². The van der Waals surface area contributed by atoms with E-state index >= 15 is 0 Å². The summed E-state index contributed by atoms with van der Waals surface area (Å²) < 4.78 is 6.06. The van der Waals surface area contributed by atoms with Crippen LogP contribution in [0, 0.1) is 5.92 Å². The summed E-state index contributed by atoms with van der Waals surface area (Å²) in [6.45, 7) is 3.14. The molecule has 2 atom stereocenters. The highest BCUT2D eigenvalue weighted by molar-refractivity contribution is 6.42.